The van der Waals surface area contributed by atoms with Gasteiger partial charge in [-0.3, -0.25) is 0 Å². The predicted molar refractivity (Wildman–Crippen MR) is 69.4 cm³/mol. The summed E-state index contributed by atoms with van der Waals surface area (Å²) in [5.74, 6) is 8.58. The molecular weight excluding hydrogens is 230 g/mol. The summed E-state index contributed by atoms with van der Waals surface area (Å²) in [6.45, 7) is 4.51. The van der Waals surface area contributed by atoms with Crippen LogP contribution in [0.3, 0.4) is 0 Å². The van der Waals surface area contributed by atoms with Crippen molar-refractivity contribution in [2.24, 2.45) is 5.84 Å². The number of rotatable bonds is 3. The van der Waals surface area contributed by atoms with Gasteiger partial charge in [-0.25, -0.2) is 15.8 Å². The monoisotopic (exact) mass is 249 g/mol. The molecular formula is C12H19N5O. The molecule has 1 aromatic heterocycles. The molecule has 98 valence electrons. The van der Waals surface area contributed by atoms with Gasteiger partial charge in [-0.1, -0.05) is 0 Å². The van der Waals surface area contributed by atoms with E-state index in [2.05, 4.69) is 27.2 Å². The van der Waals surface area contributed by atoms with E-state index in [-0.39, 0.29) is 0 Å². The Morgan fingerprint density at radius 2 is 2.28 bits per heavy atom. The minimum absolute atomic E-state index is 0.339. The fraction of sp³-hybridized carbons (Fsp3) is 0.667. The highest BCUT2D eigenvalue weighted by atomic mass is 16.5. The van der Waals surface area contributed by atoms with Gasteiger partial charge in [0.15, 0.2) is 0 Å². The highest BCUT2D eigenvalue weighted by Gasteiger charge is 2.29. The molecule has 3 rings (SSSR count). The second kappa shape index (κ2) is 4.70. The van der Waals surface area contributed by atoms with Crippen LogP contribution in [-0.2, 0) is 4.74 Å². The van der Waals surface area contributed by atoms with Crippen molar-refractivity contribution in [3.63, 3.8) is 0 Å². The summed E-state index contributed by atoms with van der Waals surface area (Å²) in [4.78, 5) is 11.4. The maximum Gasteiger partial charge on any atom is 0.145 e. The van der Waals surface area contributed by atoms with Crippen molar-refractivity contribution in [3.8, 4) is 0 Å². The molecule has 0 bridgehead atoms. The zero-order chi connectivity index (χ0) is 12.5. The number of morpholine rings is 1. The van der Waals surface area contributed by atoms with Gasteiger partial charge in [-0.15, -0.1) is 0 Å². The van der Waals surface area contributed by atoms with Crippen LogP contribution in [0.5, 0.6) is 0 Å². The number of nitrogen functional groups attached to an aromatic ring is 1. The van der Waals surface area contributed by atoms with E-state index < -0.39 is 0 Å². The van der Waals surface area contributed by atoms with Gasteiger partial charge < -0.3 is 15.1 Å². The minimum atomic E-state index is 0.339. The van der Waals surface area contributed by atoms with Gasteiger partial charge in [0.25, 0.3) is 0 Å². The summed E-state index contributed by atoms with van der Waals surface area (Å²) in [5.41, 5.74) is 2.64. The molecule has 3 N–H and O–H groups in total. The summed E-state index contributed by atoms with van der Waals surface area (Å²) in [6, 6.07) is 2.25. The molecule has 6 heteroatoms. The number of aromatic nitrogens is 2. The Balaban J connectivity index is 1.91. The number of hydrogen-bond acceptors (Lipinski definition) is 6. The summed E-state index contributed by atoms with van der Waals surface area (Å²) >= 11 is 0. The summed E-state index contributed by atoms with van der Waals surface area (Å²) < 4.78 is 5.45. The number of nitrogens with two attached hydrogens (primary N) is 1. The normalized spacial score (nSPS) is 24.1. The van der Waals surface area contributed by atoms with Gasteiger partial charge in [0.1, 0.15) is 17.5 Å². The smallest absolute Gasteiger partial charge is 0.145 e. The van der Waals surface area contributed by atoms with E-state index in [1.54, 1.807) is 0 Å². The Kier molecular flexibility index (Phi) is 3.05. The lowest BCUT2D eigenvalue weighted by atomic mass is 10.2. The molecule has 6 nitrogen and oxygen atoms in total. The number of hydrazine groups is 1. The van der Waals surface area contributed by atoms with Crippen molar-refractivity contribution < 1.29 is 4.74 Å². The molecule has 1 aliphatic heterocycles. The van der Waals surface area contributed by atoms with E-state index in [4.69, 9.17) is 10.6 Å². The number of nitrogens with zero attached hydrogens (tertiary/aromatic N) is 3. The number of hydrogen-bond donors (Lipinski definition) is 2. The van der Waals surface area contributed by atoms with Crippen LogP contribution in [0, 0.1) is 0 Å². The van der Waals surface area contributed by atoms with E-state index in [0.29, 0.717) is 17.8 Å². The van der Waals surface area contributed by atoms with Crippen molar-refractivity contribution in [2.75, 3.05) is 30.1 Å². The number of anilines is 2. The highest BCUT2D eigenvalue weighted by molar-refractivity contribution is 5.50. The third kappa shape index (κ3) is 2.26. The zero-order valence-electron chi connectivity index (χ0n) is 10.6. The Bertz CT molecular complexity index is 434. The quantitative estimate of drug-likeness (QED) is 0.611. The van der Waals surface area contributed by atoms with Gasteiger partial charge in [-0.2, -0.15) is 0 Å². The van der Waals surface area contributed by atoms with Gasteiger partial charge in [-0.05, 0) is 19.8 Å². The number of nitrogens with one attached hydrogen (secondary N) is 1. The molecule has 1 saturated heterocycles. The van der Waals surface area contributed by atoms with Crippen LogP contribution >= 0.6 is 0 Å². The number of ether oxygens (including phenoxy) is 1. The molecule has 2 aliphatic rings. The SMILES string of the molecule is CC1COCCN1c1cc(NN)nc(C2CC2)n1. The van der Waals surface area contributed by atoms with E-state index in [0.717, 1.165) is 31.4 Å². The van der Waals surface area contributed by atoms with Crippen LogP contribution in [-0.4, -0.2) is 35.8 Å². The van der Waals surface area contributed by atoms with Crippen LogP contribution < -0.4 is 16.2 Å². The lowest BCUT2D eigenvalue weighted by Gasteiger charge is -2.34. The fourth-order valence-corrected chi connectivity index (χ4v) is 2.27. The molecule has 2 heterocycles. The van der Waals surface area contributed by atoms with E-state index >= 15 is 0 Å². The topological polar surface area (TPSA) is 76.3 Å². The molecule has 1 aliphatic carbocycles. The van der Waals surface area contributed by atoms with Crippen LogP contribution in [0.15, 0.2) is 6.07 Å². The first-order valence-corrected chi connectivity index (χ1v) is 6.48. The average Bonchev–Trinajstić information content (AvgIpc) is 3.23. The van der Waals surface area contributed by atoms with Crippen molar-refractivity contribution in [1.82, 2.24) is 9.97 Å². The lowest BCUT2D eigenvalue weighted by Crippen LogP contribution is -2.44. The molecule has 1 unspecified atom stereocenters. The first-order chi connectivity index (χ1) is 8.78. The van der Waals surface area contributed by atoms with Gasteiger partial charge in [0, 0.05) is 18.5 Å². The van der Waals surface area contributed by atoms with Gasteiger partial charge >= 0.3 is 0 Å². The minimum Gasteiger partial charge on any atom is -0.377 e. The lowest BCUT2D eigenvalue weighted by molar-refractivity contribution is 0.0985. The second-order valence-electron chi connectivity index (χ2n) is 5.01. The van der Waals surface area contributed by atoms with E-state index in [1.165, 1.54) is 12.8 Å². The Labute approximate surface area is 107 Å². The first kappa shape index (κ1) is 11.7. The van der Waals surface area contributed by atoms with Gasteiger partial charge in [0.2, 0.25) is 0 Å². The summed E-state index contributed by atoms with van der Waals surface area (Å²) in [6.07, 6.45) is 2.37. The van der Waals surface area contributed by atoms with Crippen molar-refractivity contribution in [2.45, 2.75) is 31.7 Å². The van der Waals surface area contributed by atoms with Crippen LogP contribution in [0.2, 0.25) is 0 Å². The standard InChI is InChI=1S/C12H19N5O/c1-8-7-18-5-4-17(8)11-6-10(16-13)14-12(15-11)9-2-3-9/h6,8-9H,2-5,7,13H2,1H3,(H,14,15,16). The van der Waals surface area contributed by atoms with Gasteiger partial charge in [0.05, 0.1) is 19.3 Å². The zero-order valence-corrected chi connectivity index (χ0v) is 10.6. The van der Waals surface area contributed by atoms with Crippen molar-refractivity contribution in [3.05, 3.63) is 11.9 Å². The fourth-order valence-electron chi connectivity index (χ4n) is 2.27. The van der Waals surface area contributed by atoms with E-state index in [9.17, 15) is 0 Å². The molecule has 0 aromatic carbocycles. The first-order valence-electron chi connectivity index (χ1n) is 6.48. The third-order valence-corrected chi connectivity index (χ3v) is 3.48. The molecule has 0 spiro atoms. The molecule has 0 amide bonds. The molecule has 1 aromatic rings. The Morgan fingerprint density at radius 1 is 1.44 bits per heavy atom. The summed E-state index contributed by atoms with van der Waals surface area (Å²) in [5, 5.41) is 0. The third-order valence-electron chi connectivity index (χ3n) is 3.48. The molecule has 0 radical (unpaired) electrons. The van der Waals surface area contributed by atoms with Crippen molar-refractivity contribution >= 4 is 11.6 Å². The van der Waals surface area contributed by atoms with Crippen LogP contribution in [0.1, 0.15) is 31.5 Å². The molecule has 1 atom stereocenters. The van der Waals surface area contributed by atoms with Crippen molar-refractivity contribution in [1.29, 1.82) is 0 Å². The molecule has 1 saturated carbocycles. The highest BCUT2D eigenvalue weighted by Crippen LogP contribution is 2.39. The predicted octanol–water partition coefficient (Wildman–Crippen LogP) is 0.865. The largest absolute Gasteiger partial charge is 0.377 e. The maximum absolute atomic E-state index is 5.49. The van der Waals surface area contributed by atoms with Crippen LogP contribution in [0.4, 0.5) is 11.6 Å². The second-order valence-corrected chi connectivity index (χ2v) is 5.01. The average molecular weight is 249 g/mol. The summed E-state index contributed by atoms with van der Waals surface area (Å²) in [7, 11) is 0. The molecule has 2 fully saturated rings. The van der Waals surface area contributed by atoms with Crippen LogP contribution in [0.25, 0.3) is 0 Å². The Hall–Kier alpha value is -1.40. The van der Waals surface area contributed by atoms with E-state index in [1.807, 2.05) is 6.07 Å². The maximum atomic E-state index is 5.49. The Morgan fingerprint density at radius 3 is 2.94 bits per heavy atom. The molecule has 18 heavy (non-hydrogen) atoms.